The molecule has 1 saturated heterocycles. The number of terminal acetylenes is 1. The Morgan fingerprint density at radius 2 is 1.66 bits per heavy atom. The van der Waals surface area contributed by atoms with Crippen molar-refractivity contribution >= 4 is 40.3 Å². The lowest BCUT2D eigenvalue weighted by Gasteiger charge is -2.16. The number of aliphatic imine (C=N–C) groups is 1. The van der Waals surface area contributed by atoms with Gasteiger partial charge in [0.25, 0.3) is 5.91 Å². The smallest absolute Gasteiger partial charge is 0.271 e. The fourth-order valence-corrected chi connectivity index (χ4v) is 4.18. The lowest BCUT2D eigenvalue weighted by atomic mass is 10.1. The molecule has 32 heavy (non-hydrogen) atoms. The lowest BCUT2D eigenvalue weighted by molar-refractivity contribution is -0.113. The highest BCUT2D eigenvalue weighted by molar-refractivity contribution is 8.19. The topological polar surface area (TPSA) is 41.9 Å². The van der Waals surface area contributed by atoms with Crippen molar-refractivity contribution < 1.29 is 9.53 Å². The van der Waals surface area contributed by atoms with Gasteiger partial charge in [0.05, 0.1) is 16.3 Å². The molecule has 3 aromatic carbocycles. The van der Waals surface area contributed by atoms with E-state index in [9.17, 15) is 4.79 Å². The van der Waals surface area contributed by atoms with Gasteiger partial charge in [0.15, 0.2) is 5.17 Å². The molecule has 5 heteroatoms. The van der Waals surface area contributed by atoms with E-state index >= 15 is 0 Å². The van der Waals surface area contributed by atoms with Crippen molar-refractivity contribution in [3.63, 3.8) is 0 Å². The van der Waals surface area contributed by atoms with Gasteiger partial charge < -0.3 is 4.74 Å². The number of rotatable bonds is 5. The molecule has 1 heterocycles. The molecule has 0 spiro atoms. The molecule has 0 bridgehead atoms. The molecule has 0 aliphatic carbocycles. The third-order valence-electron chi connectivity index (χ3n) is 4.87. The molecular formula is C27H22N2O2S. The number of amidine groups is 1. The average Bonchev–Trinajstić information content (AvgIpc) is 3.10. The molecule has 3 aromatic rings. The van der Waals surface area contributed by atoms with E-state index in [-0.39, 0.29) is 12.5 Å². The van der Waals surface area contributed by atoms with Crippen LogP contribution in [-0.2, 0) is 4.79 Å². The van der Waals surface area contributed by atoms with E-state index in [1.807, 2.05) is 92.7 Å². The summed E-state index contributed by atoms with van der Waals surface area (Å²) in [6.07, 6.45) is 7.17. The first-order valence-corrected chi connectivity index (χ1v) is 11.0. The van der Waals surface area contributed by atoms with Gasteiger partial charge in [-0.3, -0.25) is 9.69 Å². The maximum Gasteiger partial charge on any atom is 0.271 e. The molecule has 0 atom stereocenters. The number of ether oxygens (including phenoxy) is 1. The van der Waals surface area contributed by atoms with E-state index in [0.717, 1.165) is 28.1 Å². The van der Waals surface area contributed by atoms with E-state index in [0.29, 0.717) is 15.8 Å². The zero-order valence-electron chi connectivity index (χ0n) is 17.9. The summed E-state index contributed by atoms with van der Waals surface area (Å²) < 4.78 is 5.65. The van der Waals surface area contributed by atoms with Crippen LogP contribution in [0, 0.1) is 26.2 Å². The van der Waals surface area contributed by atoms with Crippen LogP contribution in [0.2, 0.25) is 0 Å². The Balaban J connectivity index is 1.76. The Bertz CT molecular complexity index is 1240. The summed E-state index contributed by atoms with van der Waals surface area (Å²) in [5, 5.41) is 0.607. The standard InChI is InChI=1S/C27H22N2O2S/c1-4-17-31-24-8-6-5-7-21(24)18-25-26(30)29(23-15-11-20(3)12-16-23)27(32-25)28-22-13-9-19(2)10-14-22/h1,5-16,18H,17H2,2-3H3/b25-18-,28-27?. The SMILES string of the molecule is C#CCOc1ccccc1/C=C1\SC(=Nc2ccc(C)cc2)N(c2ccc(C)cc2)C1=O. The summed E-state index contributed by atoms with van der Waals surface area (Å²) >= 11 is 1.34. The van der Waals surface area contributed by atoms with Crippen molar-refractivity contribution in [1.82, 2.24) is 0 Å². The number of carbonyl (C=O) groups is 1. The van der Waals surface area contributed by atoms with Gasteiger partial charge in [0.2, 0.25) is 0 Å². The average molecular weight is 439 g/mol. The second kappa shape index (κ2) is 9.59. The quantitative estimate of drug-likeness (QED) is 0.356. The second-order valence-electron chi connectivity index (χ2n) is 7.35. The second-order valence-corrected chi connectivity index (χ2v) is 8.36. The monoisotopic (exact) mass is 438 g/mol. The predicted molar refractivity (Wildman–Crippen MR) is 133 cm³/mol. The minimum absolute atomic E-state index is 0.128. The summed E-state index contributed by atoms with van der Waals surface area (Å²) in [5.74, 6) is 2.98. The first-order valence-electron chi connectivity index (χ1n) is 10.2. The number of para-hydroxylation sites is 1. The van der Waals surface area contributed by atoms with Crippen molar-refractivity contribution in [2.75, 3.05) is 11.5 Å². The van der Waals surface area contributed by atoms with Crippen molar-refractivity contribution in [3.8, 4) is 18.1 Å². The van der Waals surface area contributed by atoms with Gasteiger partial charge in [-0.15, -0.1) is 6.42 Å². The van der Waals surface area contributed by atoms with Crippen molar-refractivity contribution in [2.45, 2.75) is 13.8 Å². The Labute approximate surface area is 192 Å². The zero-order valence-corrected chi connectivity index (χ0v) is 18.7. The first-order chi connectivity index (χ1) is 15.5. The Kier molecular flexibility index (Phi) is 6.44. The molecule has 0 unspecified atom stereocenters. The maximum absolute atomic E-state index is 13.5. The van der Waals surface area contributed by atoms with Crippen molar-refractivity contribution in [2.24, 2.45) is 4.99 Å². The molecule has 1 fully saturated rings. The summed E-state index contributed by atoms with van der Waals surface area (Å²) in [4.78, 5) is 20.5. The van der Waals surface area contributed by atoms with E-state index in [1.54, 1.807) is 4.90 Å². The van der Waals surface area contributed by atoms with Crippen LogP contribution in [0.5, 0.6) is 5.75 Å². The van der Waals surface area contributed by atoms with Gasteiger partial charge in [0, 0.05) is 5.56 Å². The largest absolute Gasteiger partial charge is 0.480 e. The number of thioether (sulfide) groups is 1. The fraction of sp³-hybridized carbons (Fsp3) is 0.111. The zero-order chi connectivity index (χ0) is 22.5. The summed E-state index contributed by atoms with van der Waals surface area (Å²) in [5.41, 5.74) is 4.64. The van der Waals surface area contributed by atoms with Gasteiger partial charge >= 0.3 is 0 Å². The normalized spacial score (nSPS) is 15.9. The highest BCUT2D eigenvalue weighted by Gasteiger charge is 2.35. The van der Waals surface area contributed by atoms with Crippen molar-refractivity contribution in [3.05, 3.63) is 94.4 Å². The molecule has 0 N–H and O–H groups in total. The number of carbonyl (C=O) groups excluding carboxylic acids is 1. The van der Waals surface area contributed by atoms with E-state index in [4.69, 9.17) is 16.2 Å². The van der Waals surface area contributed by atoms with Gasteiger partial charge in [-0.25, -0.2) is 4.99 Å². The van der Waals surface area contributed by atoms with Gasteiger partial charge in [-0.1, -0.05) is 59.5 Å². The van der Waals surface area contributed by atoms with E-state index in [2.05, 4.69) is 5.92 Å². The van der Waals surface area contributed by atoms with Crippen LogP contribution in [0.25, 0.3) is 6.08 Å². The molecule has 1 aliphatic heterocycles. The number of anilines is 1. The molecule has 4 rings (SSSR count). The van der Waals surface area contributed by atoms with Crippen LogP contribution in [-0.4, -0.2) is 17.7 Å². The molecule has 4 nitrogen and oxygen atoms in total. The Hall–Kier alpha value is -3.75. The third kappa shape index (κ3) is 4.77. The number of hydrogen-bond acceptors (Lipinski definition) is 4. The molecule has 158 valence electrons. The highest BCUT2D eigenvalue weighted by Crippen LogP contribution is 2.38. The fourth-order valence-electron chi connectivity index (χ4n) is 3.19. The lowest BCUT2D eigenvalue weighted by Crippen LogP contribution is -2.28. The summed E-state index contributed by atoms with van der Waals surface area (Å²) in [6.45, 7) is 4.21. The summed E-state index contributed by atoms with van der Waals surface area (Å²) in [6, 6.07) is 23.3. The maximum atomic E-state index is 13.5. The number of benzene rings is 3. The van der Waals surface area contributed by atoms with Crippen LogP contribution in [0.3, 0.4) is 0 Å². The first kappa shape index (κ1) is 21.5. The molecule has 1 amide bonds. The van der Waals surface area contributed by atoms with Crippen molar-refractivity contribution in [1.29, 1.82) is 0 Å². The molecule has 1 aliphatic rings. The van der Waals surface area contributed by atoms with Crippen LogP contribution in [0.4, 0.5) is 11.4 Å². The number of hydrogen-bond donors (Lipinski definition) is 0. The molecule has 0 aromatic heterocycles. The highest BCUT2D eigenvalue weighted by atomic mass is 32.2. The predicted octanol–water partition coefficient (Wildman–Crippen LogP) is 6.12. The number of nitrogens with zero attached hydrogens (tertiary/aromatic N) is 2. The van der Waals surface area contributed by atoms with Crippen LogP contribution < -0.4 is 9.64 Å². The molecule has 0 radical (unpaired) electrons. The minimum Gasteiger partial charge on any atom is -0.480 e. The minimum atomic E-state index is -0.128. The van der Waals surface area contributed by atoms with E-state index in [1.165, 1.54) is 11.8 Å². The van der Waals surface area contributed by atoms with Gasteiger partial charge in [0.1, 0.15) is 12.4 Å². The van der Waals surface area contributed by atoms with Gasteiger partial charge in [-0.2, -0.15) is 0 Å². The Morgan fingerprint density at radius 3 is 2.34 bits per heavy atom. The van der Waals surface area contributed by atoms with E-state index < -0.39 is 0 Å². The number of aryl methyl sites for hydroxylation is 2. The van der Waals surface area contributed by atoms with Crippen LogP contribution in [0.15, 0.2) is 82.7 Å². The third-order valence-corrected chi connectivity index (χ3v) is 5.84. The summed E-state index contributed by atoms with van der Waals surface area (Å²) in [7, 11) is 0. The Morgan fingerprint density at radius 1 is 1.00 bits per heavy atom. The molecular weight excluding hydrogens is 416 g/mol. The van der Waals surface area contributed by atoms with Crippen LogP contribution in [0.1, 0.15) is 16.7 Å². The van der Waals surface area contributed by atoms with Crippen LogP contribution >= 0.6 is 11.8 Å². The number of amides is 1. The van der Waals surface area contributed by atoms with Gasteiger partial charge in [-0.05, 0) is 62.0 Å². The molecule has 0 saturated carbocycles.